The predicted molar refractivity (Wildman–Crippen MR) is 80.0 cm³/mol. The van der Waals surface area contributed by atoms with Gasteiger partial charge >= 0.3 is 0 Å². The fraction of sp³-hybridized carbons (Fsp3) is 0.571. The van der Waals surface area contributed by atoms with E-state index in [-0.39, 0.29) is 6.04 Å². The summed E-state index contributed by atoms with van der Waals surface area (Å²) in [5.74, 6) is 0.327. The minimum Gasteiger partial charge on any atom is -0.381 e. The lowest BCUT2D eigenvalue weighted by atomic mass is 10.1. The Labute approximate surface area is 128 Å². The summed E-state index contributed by atoms with van der Waals surface area (Å²) in [6.07, 6.45) is 2.89. The number of rotatable bonds is 5. The van der Waals surface area contributed by atoms with Crippen molar-refractivity contribution in [1.29, 1.82) is 0 Å². The molecule has 0 radical (unpaired) electrons. The third kappa shape index (κ3) is 2.93. The van der Waals surface area contributed by atoms with Crippen LogP contribution in [-0.4, -0.2) is 38.5 Å². The molecule has 20 heavy (non-hydrogen) atoms. The molecule has 6 heteroatoms. The minimum absolute atomic E-state index is 0.174. The van der Waals surface area contributed by atoms with Crippen LogP contribution in [0, 0.1) is 5.92 Å². The highest BCUT2D eigenvalue weighted by Crippen LogP contribution is 2.35. The van der Waals surface area contributed by atoms with Crippen LogP contribution < -0.4 is 0 Å². The Kier molecular flexibility index (Phi) is 4.17. The number of halogens is 1. The molecular formula is C14H18BrNO3S. The van der Waals surface area contributed by atoms with E-state index in [2.05, 4.69) is 15.9 Å². The summed E-state index contributed by atoms with van der Waals surface area (Å²) in [4.78, 5) is 0.366. The van der Waals surface area contributed by atoms with E-state index in [4.69, 9.17) is 4.74 Å². The van der Waals surface area contributed by atoms with Crippen LogP contribution in [-0.2, 0) is 14.8 Å². The van der Waals surface area contributed by atoms with Gasteiger partial charge in [0.05, 0.1) is 11.5 Å². The molecule has 3 rings (SSSR count). The first-order valence-electron chi connectivity index (χ1n) is 6.93. The SMILES string of the molecule is O=S(=O)(c1ccccc1Br)N(C[C@@H]1CCOC1)C1CC1. The summed E-state index contributed by atoms with van der Waals surface area (Å²) in [6.45, 7) is 2.00. The lowest BCUT2D eigenvalue weighted by molar-refractivity contribution is 0.180. The van der Waals surface area contributed by atoms with Crippen molar-refractivity contribution in [3.63, 3.8) is 0 Å². The summed E-state index contributed by atoms with van der Waals surface area (Å²) >= 11 is 3.35. The normalized spacial score (nSPS) is 23.4. The molecule has 1 saturated carbocycles. The van der Waals surface area contributed by atoms with Gasteiger partial charge in [-0.05, 0) is 53.2 Å². The maximum atomic E-state index is 12.9. The van der Waals surface area contributed by atoms with Crippen LogP contribution in [0.15, 0.2) is 33.6 Å². The average molecular weight is 360 g/mol. The smallest absolute Gasteiger partial charge is 0.244 e. The summed E-state index contributed by atoms with van der Waals surface area (Å²) in [5, 5.41) is 0. The zero-order valence-electron chi connectivity index (χ0n) is 11.2. The summed E-state index contributed by atoms with van der Waals surface area (Å²) in [5.41, 5.74) is 0. The molecule has 0 unspecified atom stereocenters. The van der Waals surface area contributed by atoms with Gasteiger partial charge in [-0.15, -0.1) is 0 Å². The van der Waals surface area contributed by atoms with Crippen molar-refractivity contribution in [3.05, 3.63) is 28.7 Å². The molecule has 0 amide bonds. The Balaban J connectivity index is 1.87. The second-order valence-corrected chi connectivity index (χ2v) is 8.18. The Morgan fingerprint density at radius 2 is 2.00 bits per heavy atom. The van der Waals surface area contributed by atoms with Gasteiger partial charge in [0.2, 0.25) is 10.0 Å². The first kappa shape index (κ1) is 14.5. The maximum Gasteiger partial charge on any atom is 0.244 e. The van der Waals surface area contributed by atoms with Crippen LogP contribution in [0.25, 0.3) is 0 Å². The first-order valence-corrected chi connectivity index (χ1v) is 9.16. The molecule has 4 nitrogen and oxygen atoms in total. The molecule has 1 aromatic carbocycles. The molecule has 1 aliphatic carbocycles. The first-order chi connectivity index (χ1) is 9.59. The molecule has 1 aliphatic heterocycles. The number of sulfonamides is 1. The fourth-order valence-corrected chi connectivity index (χ4v) is 5.29. The molecule has 0 N–H and O–H groups in total. The lowest BCUT2D eigenvalue weighted by Crippen LogP contribution is -2.37. The number of hydrogen-bond acceptors (Lipinski definition) is 3. The van der Waals surface area contributed by atoms with Crippen LogP contribution >= 0.6 is 15.9 Å². The third-order valence-electron chi connectivity index (χ3n) is 3.84. The Bertz CT molecular complexity index is 580. The largest absolute Gasteiger partial charge is 0.381 e. The summed E-state index contributed by atoms with van der Waals surface area (Å²) in [6, 6.07) is 7.21. The van der Waals surface area contributed by atoms with E-state index in [0.717, 1.165) is 25.9 Å². The van der Waals surface area contributed by atoms with E-state index in [1.807, 2.05) is 6.07 Å². The van der Waals surface area contributed by atoms with Crippen molar-refractivity contribution >= 4 is 26.0 Å². The van der Waals surface area contributed by atoms with Crippen LogP contribution in [0.1, 0.15) is 19.3 Å². The van der Waals surface area contributed by atoms with Crippen molar-refractivity contribution in [2.24, 2.45) is 5.92 Å². The Morgan fingerprint density at radius 1 is 1.25 bits per heavy atom. The highest BCUT2D eigenvalue weighted by molar-refractivity contribution is 9.10. The summed E-state index contributed by atoms with van der Waals surface area (Å²) in [7, 11) is -3.43. The highest BCUT2D eigenvalue weighted by Gasteiger charge is 2.40. The van der Waals surface area contributed by atoms with Gasteiger partial charge in [-0.3, -0.25) is 0 Å². The van der Waals surface area contributed by atoms with Gasteiger partial charge in [-0.2, -0.15) is 4.31 Å². The maximum absolute atomic E-state index is 12.9. The van der Waals surface area contributed by atoms with Gasteiger partial charge in [-0.25, -0.2) is 8.42 Å². The molecule has 1 heterocycles. The molecule has 0 aromatic heterocycles. The third-order valence-corrected chi connectivity index (χ3v) is 6.77. The van der Waals surface area contributed by atoms with Gasteiger partial charge in [0.1, 0.15) is 0 Å². The second kappa shape index (κ2) is 5.75. The lowest BCUT2D eigenvalue weighted by Gasteiger charge is -2.25. The molecule has 110 valence electrons. The van der Waals surface area contributed by atoms with Gasteiger partial charge in [-0.1, -0.05) is 12.1 Å². The molecule has 1 saturated heterocycles. The monoisotopic (exact) mass is 359 g/mol. The number of hydrogen-bond donors (Lipinski definition) is 0. The molecule has 2 fully saturated rings. The van der Waals surface area contributed by atoms with Gasteiger partial charge < -0.3 is 4.74 Å². The van der Waals surface area contributed by atoms with Crippen LogP contribution in [0.5, 0.6) is 0 Å². The van der Waals surface area contributed by atoms with Crippen LogP contribution in [0.3, 0.4) is 0 Å². The number of nitrogens with zero attached hydrogens (tertiary/aromatic N) is 1. The van der Waals surface area contributed by atoms with E-state index in [0.29, 0.717) is 28.4 Å². The zero-order valence-corrected chi connectivity index (χ0v) is 13.6. The van der Waals surface area contributed by atoms with Gasteiger partial charge in [0.25, 0.3) is 0 Å². The fourth-order valence-electron chi connectivity index (χ4n) is 2.57. The summed E-state index contributed by atoms with van der Waals surface area (Å²) < 4.78 is 33.4. The van der Waals surface area contributed by atoms with E-state index < -0.39 is 10.0 Å². The highest BCUT2D eigenvalue weighted by atomic mass is 79.9. The number of benzene rings is 1. The molecule has 0 spiro atoms. The Hall–Kier alpha value is -0.430. The van der Waals surface area contributed by atoms with Gasteiger partial charge in [0, 0.05) is 23.7 Å². The van der Waals surface area contributed by atoms with Crippen molar-refractivity contribution in [3.8, 4) is 0 Å². The quantitative estimate of drug-likeness (QED) is 0.811. The zero-order chi connectivity index (χ0) is 14.2. The predicted octanol–water partition coefficient (Wildman–Crippen LogP) is 2.64. The molecule has 0 bridgehead atoms. The molecule has 1 aromatic rings. The number of ether oxygens (including phenoxy) is 1. The Morgan fingerprint density at radius 3 is 2.60 bits per heavy atom. The van der Waals surface area contributed by atoms with Crippen molar-refractivity contribution < 1.29 is 13.2 Å². The molecule has 2 aliphatic rings. The second-order valence-electron chi connectivity index (χ2n) is 5.47. The van der Waals surface area contributed by atoms with E-state index in [1.165, 1.54) is 0 Å². The van der Waals surface area contributed by atoms with E-state index in [9.17, 15) is 8.42 Å². The van der Waals surface area contributed by atoms with Crippen LogP contribution in [0.2, 0.25) is 0 Å². The van der Waals surface area contributed by atoms with Crippen molar-refractivity contribution in [2.75, 3.05) is 19.8 Å². The van der Waals surface area contributed by atoms with Crippen molar-refractivity contribution in [2.45, 2.75) is 30.2 Å². The van der Waals surface area contributed by atoms with Crippen LogP contribution in [0.4, 0.5) is 0 Å². The van der Waals surface area contributed by atoms with E-state index in [1.54, 1.807) is 22.5 Å². The average Bonchev–Trinajstić information content (AvgIpc) is 3.12. The van der Waals surface area contributed by atoms with E-state index >= 15 is 0 Å². The van der Waals surface area contributed by atoms with Gasteiger partial charge in [0.15, 0.2) is 0 Å². The standard InChI is InChI=1S/C14H18BrNO3S/c15-13-3-1-2-4-14(13)20(17,18)16(12-5-6-12)9-11-7-8-19-10-11/h1-4,11-12H,5-10H2/t11-/m0/s1. The topological polar surface area (TPSA) is 46.6 Å². The van der Waals surface area contributed by atoms with Crippen molar-refractivity contribution in [1.82, 2.24) is 4.31 Å². The molecule has 1 atom stereocenters. The molecular weight excluding hydrogens is 342 g/mol. The minimum atomic E-state index is -3.43.